The highest BCUT2D eigenvalue weighted by Gasteiger charge is 2.23. The quantitative estimate of drug-likeness (QED) is 0.678. The van der Waals surface area contributed by atoms with Crippen LogP contribution in [0.2, 0.25) is 0 Å². The van der Waals surface area contributed by atoms with Crippen molar-refractivity contribution in [1.29, 1.82) is 0 Å². The molecule has 1 aromatic carbocycles. The summed E-state index contributed by atoms with van der Waals surface area (Å²) in [5, 5.41) is 26.2. The van der Waals surface area contributed by atoms with Crippen molar-refractivity contribution >= 4 is 15.8 Å². The minimum absolute atomic E-state index is 0.380. The van der Waals surface area contributed by atoms with Crippen LogP contribution in [0, 0.1) is 5.82 Å². The normalized spacial score (nSPS) is 13.3. The highest BCUT2D eigenvalue weighted by Crippen LogP contribution is 2.18. The van der Waals surface area contributed by atoms with E-state index in [1.54, 1.807) is 0 Å². The number of aromatic carboxylic acids is 1. The minimum Gasteiger partial charge on any atom is -0.478 e. The van der Waals surface area contributed by atoms with Gasteiger partial charge in [0.1, 0.15) is 10.7 Å². The maximum Gasteiger partial charge on any atom is 0.335 e. The highest BCUT2D eigenvalue weighted by atomic mass is 32.2. The van der Waals surface area contributed by atoms with Gasteiger partial charge in [0.25, 0.3) is 0 Å². The van der Waals surface area contributed by atoms with Crippen LogP contribution in [0.4, 0.5) is 4.39 Å². The zero-order valence-corrected chi connectivity index (χ0v) is 9.89. The van der Waals surface area contributed by atoms with E-state index in [4.69, 9.17) is 15.3 Å². The lowest BCUT2D eigenvalue weighted by atomic mass is 10.2. The van der Waals surface area contributed by atoms with Crippen molar-refractivity contribution in [2.24, 2.45) is 0 Å². The molecule has 8 heteroatoms. The van der Waals surface area contributed by atoms with Crippen molar-refractivity contribution in [1.82, 2.24) is 0 Å². The molecule has 3 N–H and O–H groups in total. The summed E-state index contributed by atoms with van der Waals surface area (Å²) in [5.41, 5.74) is -0.380. The molecular weight excluding hydrogens is 267 g/mol. The SMILES string of the molecule is O=C(O)c1ccc(S(=O)(=O)CC(O)CO)c(F)c1. The summed E-state index contributed by atoms with van der Waals surface area (Å²) in [6.45, 7) is -0.770. The van der Waals surface area contributed by atoms with Crippen LogP contribution < -0.4 is 0 Å². The van der Waals surface area contributed by atoms with E-state index in [2.05, 4.69) is 0 Å². The summed E-state index contributed by atoms with van der Waals surface area (Å²) in [5.74, 6) is -3.43. The summed E-state index contributed by atoms with van der Waals surface area (Å²) in [4.78, 5) is 9.84. The molecule has 100 valence electrons. The Labute approximate surface area is 102 Å². The van der Waals surface area contributed by atoms with E-state index in [0.717, 1.165) is 12.1 Å². The number of halogens is 1. The van der Waals surface area contributed by atoms with Gasteiger partial charge in [-0.3, -0.25) is 0 Å². The Morgan fingerprint density at radius 3 is 2.44 bits per heavy atom. The van der Waals surface area contributed by atoms with Crippen molar-refractivity contribution in [2.75, 3.05) is 12.4 Å². The molecule has 0 radical (unpaired) electrons. The molecule has 0 aromatic heterocycles. The second-order valence-electron chi connectivity index (χ2n) is 3.57. The second-order valence-corrected chi connectivity index (χ2v) is 5.57. The Bertz CT molecular complexity index is 553. The van der Waals surface area contributed by atoms with E-state index >= 15 is 0 Å². The first kappa shape index (κ1) is 14.6. The number of hydrogen-bond donors (Lipinski definition) is 3. The predicted octanol–water partition coefficient (Wildman–Crippen LogP) is -0.349. The van der Waals surface area contributed by atoms with Crippen LogP contribution in [0.25, 0.3) is 0 Å². The maximum atomic E-state index is 13.5. The monoisotopic (exact) mass is 278 g/mol. The summed E-state index contributed by atoms with van der Waals surface area (Å²) >= 11 is 0. The van der Waals surface area contributed by atoms with Crippen LogP contribution in [-0.2, 0) is 9.84 Å². The zero-order valence-electron chi connectivity index (χ0n) is 9.08. The number of aliphatic hydroxyl groups is 2. The van der Waals surface area contributed by atoms with E-state index in [9.17, 15) is 17.6 Å². The maximum absolute atomic E-state index is 13.5. The Morgan fingerprint density at radius 1 is 1.39 bits per heavy atom. The highest BCUT2D eigenvalue weighted by molar-refractivity contribution is 7.91. The fraction of sp³-hybridized carbons (Fsp3) is 0.300. The molecule has 1 unspecified atom stereocenters. The first-order valence-corrected chi connectivity index (χ1v) is 6.47. The molecule has 0 bridgehead atoms. The fourth-order valence-electron chi connectivity index (χ4n) is 1.28. The van der Waals surface area contributed by atoms with Crippen LogP contribution in [0.5, 0.6) is 0 Å². The van der Waals surface area contributed by atoms with E-state index in [-0.39, 0.29) is 5.56 Å². The summed E-state index contributed by atoms with van der Waals surface area (Å²) < 4.78 is 36.8. The third-order valence-corrected chi connectivity index (χ3v) is 3.96. The molecular formula is C10H11FO6S. The molecule has 0 saturated heterocycles. The molecule has 0 spiro atoms. The largest absolute Gasteiger partial charge is 0.478 e. The van der Waals surface area contributed by atoms with Crippen molar-refractivity contribution in [3.63, 3.8) is 0 Å². The molecule has 0 heterocycles. The molecule has 18 heavy (non-hydrogen) atoms. The van der Waals surface area contributed by atoms with E-state index in [0.29, 0.717) is 6.07 Å². The number of hydrogen-bond acceptors (Lipinski definition) is 5. The number of benzene rings is 1. The van der Waals surface area contributed by atoms with Gasteiger partial charge in [-0.15, -0.1) is 0 Å². The van der Waals surface area contributed by atoms with Crippen LogP contribution >= 0.6 is 0 Å². The molecule has 1 aromatic rings. The number of carboxylic acids is 1. The molecule has 0 aliphatic rings. The topological polar surface area (TPSA) is 112 Å². The van der Waals surface area contributed by atoms with Crippen LogP contribution in [0.15, 0.2) is 23.1 Å². The van der Waals surface area contributed by atoms with Gasteiger partial charge in [-0.25, -0.2) is 17.6 Å². The van der Waals surface area contributed by atoms with Gasteiger partial charge in [0.2, 0.25) is 0 Å². The van der Waals surface area contributed by atoms with Crippen LogP contribution in [0.3, 0.4) is 0 Å². The molecule has 0 aliphatic heterocycles. The zero-order chi connectivity index (χ0) is 13.9. The Balaban J connectivity index is 3.14. The van der Waals surface area contributed by atoms with Gasteiger partial charge in [0.15, 0.2) is 9.84 Å². The van der Waals surface area contributed by atoms with Crippen molar-refractivity contribution in [3.05, 3.63) is 29.6 Å². The van der Waals surface area contributed by atoms with Gasteiger partial charge in [0.05, 0.1) is 24.0 Å². The average Bonchev–Trinajstić information content (AvgIpc) is 2.27. The van der Waals surface area contributed by atoms with E-state index in [1.807, 2.05) is 0 Å². The first-order valence-electron chi connectivity index (χ1n) is 4.82. The summed E-state index contributed by atoms with van der Waals surface area (Å²) in [6, 6.07) is 2.35. The molecule has 0 aliphatic carbocycles. The molecule has 0 amide bonds. The van der Waals surface area contributed by atoms with E-state index in [1.165, 1.54) is 0 Å². The van der Waals surface area contributed by atoms with Crippen molar-refractivity contribution in [2.45, 2.75) is 11.0 Å². The molecule has 0 saturated carbocycles. The number of carboxylic acid groups (broad SMARTS) is 1. The number of carbonyl (C=O) groups is 1. The molecule has 6 nitrogen and oxygen atoms in total. The first-order chi connectivity index (χ1) is 8.27. The second kappa shape index (κ2) is 5.42. The molecule has 0 fully saturated rings. The van der Waals surface area contributed by atoms with Crippen molar-refractivity contribution < 1.29 is 32.9 Å². The summed E-state index contributed by atoms with van der Waals surface area (Å²) in [7, 11) is -4.12. The van der Waals surface area contributed by atoms with Gasteiger partial charge < -0.3 is 15.3 Å². The number of rotatable bonds is 5. The Hall–Kier alpha value is -1.51. The summed E-state index contributed by atoms with van der Waals surface area (Å²) in [6.07, 6.45) is -1.52. The van der Waals surface area contributed by atoms with Gasteiger partial charge in [-0.05, 0) is 18.2 Å². The van der Waals surface area contributed by atoms with Crippen LogP contribution in [-0.4, -0.2) is 48.2 Å². The lowest BCUT2D eigenvalue weighted by Crippen LogP contribution is -2.24. The molecule has 1 rings (SSSR count). The lowest BCUT2D eigenvalue weighted by Gasteiger charge is -2.09. The standard InChI is InChI=1S/C10H11FO6S/c11-8-3-6(10(14)15)1-2-9(8)18(16,17)5-7(13)4-12/h1-3,7,12-13H,4-5H2,(H,14,15). The number of sulfone groups is 1. The Morgan fingerprint density at radius 2 is 2.00 bits per heavy atom. The van der Waals surface area contributed by atoms with Gasteiger partial charge in [-0.2, -0.15) is 0 Å². The third kappa shape index (κ3) is 3.25. The Kier molecular flexibility index (Phi) is 4.38. The van der Waals surface area contributed by atoms with Crippen molar-refractivity contribution in [3.8, 4) is 0 Å². The van der Waals surface area contributed by atoms with Crippen LogP contribution in [0.1, 0.15) is 10.4 Å². The smallest absolute Gasteiger partial charge is 0.335 e. The van der Waals surface area contributed by atoms with E-state index < -0.39 is 45.0 Å². The van der Waals surface area contributed by atoms with Gasteiger partial charge in [0, 0.05) is 0 Å². The number of aliphatic hydroxyl groups excluding tert-OH is 2. The molecule has 1 atom stereocenters. The van der Waals surface area contributed by atoms with Gasteiger partial charge >= 0.3 is 5.97 Å². The average molecular weight is 278 g/mol. The van der Waals surface area contributed by atoms with Gasteiger partial charge in [-0.1, -0.05) is 0 Å². The fourth-order valence-corrected chi connectivity index (χ4v) is 2.70. The lowest BCUT2D eigenvalue weighted by molar-refractivity contribution is 0.0696. The third-order valence-electron chi connectivity index (χ3n) is 2.14. The minimum atomic E-state index is -4.12. The predicted molar refractivity (Wildman–Crippen MR) is 58.5 cm³/mol.